The van der Waals surface area contributed by atoms with Gasteiger partial charge in [-0.2, -0.15) is 13.2 Å². The lowest BCUT2D eigenvalue weighted by molar-refractivity contribution is -0.137. The molecule has 0 saturated heterocycles. The molecule has 1 aromatic carbocycles. The SMILES string of the molecule is F[B-](F)(F)c1ccc(C(F)(F)F)c(Cl)c1. The zero-order chi connectivity index (χ0) is 11.9. The highest BCUT2D eigenvalue weighted by molar-refractivity contribution is 6.73. The predicted octanol–water partition coefficient (Wildman–Crippen LogP) is 3.41. The largest absolute Gasteiger partial charge is 0.509 e. The number of hydrogen-bond donors (Lipinski definition) is 0. The van der Waals surface area contributed by atoms with Crippen LogP contribution in [0.5, 0.6) is 0 Å². The summed E-state index contributed by atoms with van der Waals surface area (Å²) in [5, 5.41) is -0.945. The Hall–Kier alpha value is -0.845. The van der Waals surface area contributed by atoms with Crippen molar-refractivity contribution in [1.29, 1.82) is 0 Å². The van der Waals surface area contributed by atoms with Crippen LogP contribution < -0.4 is 5.46 Å². The van der Waals surface area contributed by atoms with Gasteiger partial charge in [0, 0.05) is 5.02 Å². The van der Waals surface area contributed by atoms with Gasteiger partial charge < -0.3 is 12.9 Å². The fourth-order valence-corrected chi connectivity index (χ4v) is 1.26. The van der Waals surface area contributed by atoms with Gasteiger partial charge in [0.05, 0.1) is 5.56 Å². The van der Waals surface area contributed by atoms with Crippen molar-refractivity contribution >= 4 is 24.0 Å². The number of rotatable bonds is 1. The molecule has 0 nitrogen and oxygen atoms in total. The van der Waals surface area contributed by atoms with E-state index in [1.807, 2.05) is 0 Å². The second-order valence-corrected chi connectivity index (χ2v) is 3.22. The van der Waals surface area contributed by atoms with E-state index in [0.717, 1.165) is 0 Å². The molecule has 8 heteroatoms. The van der Waals surface area contributed by atoms with Gasteiger partial charge in [-0.15, -0.1) is 5.46 Å². The van der Waals surface area contributed by atoms with Crippen molar-refractivity contribution in [3.63, 3.8) is 0 Å². The smallest absolute Gasteiger partial charge is 0.445 e. The third-order valence-corrected chi connectivity index (χ3v) is 1.99. The van der Waals surface area contributed by atoms with E-state index in [9.17, 15) is 26.1 Å². The minimum absolute atomic E-state index is 0.282. The quantitative estimate of drug-likeness (QED) is 0.527. The second-order valence-electron chi connectivity index (χ2n) is 2.81. The van der Waals surface area contributed by atoms with E-state index in [1.54, 1.807) is 0 Å². The van der Waals surface area contributed by atoms with E-state index in [4.69, 9.17) is 11.6 Å². The lowest BCUT2D eigenvalue weighted by Gasteiger charge is -2.17. The van der Waals surface area contributed by atoms with E-state index in [-0.39, 0.29) is 6.07 Å². The lowest BCUT2D eigenvalue weighted by atomic mass is 9.80. The molecule has 0 radical (unpaired) electrons. The molecule has 0 spiro atoms. The molecule has 0 aliphatic heterocycles. The maximum Gasteiger partial charge on any atom is 0.509 e. The standard InChI is InChI=1S/C7H3BClF6/c9-6-3-4(8(13,14)15)1-2-5(6)7(10,11)12/h1-3H/q-1. The lowest BCUT2D eigenvalue weighted by Crippen LogP contribution is -2.34. The average molecular weight is 247 g/mol. The van der Waals surface area contributed by atoms with Gasteiger partial charge in [0.25, 0.3) is 0 Å². The Morgan fingerprint density at radius 3 is 1.93 bits per heavy atom. The predicted molar refractivity (Wildman–Crippen MR) is 45.2 cm³/mol. The molecule has 0 aliphatic carbocycles. The van der Waals surface area contributed by atoms with Gasteiger partial charge in [0.1, 0.15) is 0 Å². The highest BCUT2D eigenvalue weighted by Gasteiger charge is 2.34. The molecule has 0 fully saturated rings. The van der Waals surface area contributed by atoms with Crippen molar-refractivity contribution in [2.45, 2.75) is 6.18 Å². The molecule has 1 rings (SSSR count). The number of benzene rings is 1. The number of alkyl halides is 3. The molecule has 0 atom stereocenters. The van der Waals surface area contributed by atoms with E-state index >= 15 is 0 Å². The molecule has 0 bridgehead atoms. The zero-order valence-electron chi connectivity index (χ0n) is 6.96. The summed E-state index contributed by atoms with van der Waals surface area (Å²) in [6.07, 6.45) is -4.74. The highest BCUT2D eigenvalue weighted by Crippen LogP contribution is 2.34. The minimum atomic E-state index is -5.33. The summed E-state index contributed by atoms with van der Waals surface area (Å²) in [6.45, 7) is -5.33. The first-order valence-corrected chi connectivity index (χ1v) is 4.07. The molecule has 0 N–H and O–H groups in total. The third kappa shape index (κ3) is 2.81. The number of hydrogen-bond acceptors (Lipinski definition) is 0. The van der Waals surface area contributed by atoms with Gasteiger partial charge in [-0.1, -0.05) is 29.8 Å². The van der Waals surface area contributed by atoms with Crippen LogP contribution in [0.2, 0.25) is 5.02 Å². The van der Waals surface area contributed by atoms with Crippen LogP contribution in [-0.2, 0) is 6.18 Å². The monoisotopic (exact) mass is 247 g/mol. The molecular weight excluding hydrogens is 244 g/mol. The van der Waals surface area contributed by atoms with Crippen LogP contribution in [0.25, 0.3) is 0 Å². The van der Waals surface area contributed by atoms with Crippen LogP contribution >= 0.6 is 11.6 Å². The van der Waals surface area contributed by atoms with Crippen molar-refractivity contribution < 1.29 is 26.1 Å². The highest BCUT2D eigenvalue weighted by atomic mass is 35.5. The summed E-state index contributed by atoms with van der Waals surface area (Å²) >= 11 is 5.11. The van der Waals surface area contributed by atoms with Crippen molar-refractivity contribution in [3.8, 4) is 0 Å². The second kappa shape index (κ2) is 3.62. The summed E-state index contributed by atoms with van der Waals surface area (Å²) in [5.41, 5.74) is -2.42. The average Bonchev–Trinajstić information content (AvgIpc) is 1.99. The molecule has 84 valence electrons. The summed E-state index contributed by atoms with van der Waals surface area (Å²) in [6, 6.07) is 0.978. The van der Waals surface area contributed by atoms with E-state index in [0.29, 0.717) is 12.1 Å². The molecule has 0 unspecified atom stereocenters. The Morgan fingerprint density at radius 1 is 1.07 bits per heavy atom. The minimum Gasteiger partial charge on any atom is -0.445 e. The van der Waals surface area contributed by atoms with Gasteiger partial charge in [-0.05, 0) is 0 Å². The van der Waals surface area contributed by atoms with E-state index in [1.165, 1.54) is 0 Å². The van der Waals surface area contributed by atoms with Gasteiger partial charge >= 0.3 is 13.2 Å². The van der Waals surface area contributed by atoms with E-state index in [2.05, 4.69) is 0 Å². The normalized spacial score (nSPS) is 13.0. The molecular formula is C7H3BClF6-. The Balaban J connectivity index is 3.21. The fraction of sp³-hybridized carbons (Fsp3) is 0.143. The Labute approximate surface area is 85.9 Å². The summed E-state index contributed by atoms with van der Waals surface area (Å²) < 4.78 is 72.7. The molecule has 0 heterocycles. The summed E-state index contributed by atoms with van der Waals surface area (Å²) in [5.74, 6) is 0. The Morgan fingerprint density at radius 2 is 1.60 bits per heavy atom. The molecule has 1 aromatic rings. The summed E-state index contributed by atoms with van der Waals surface area (Å²) in [7, 11) is 0. The van der Waals surface area contributed by atoms with Crippen molar-refractivity contribution in [1.82, 2.24) is 0 Å². The first-order valence-electron chi connectivity index (χ1n) is 3.69. The van der Waals surface area contributed by atoms with Crippen LogP contribution in [0, 0.1) is 0 Å². The van der Waals surface area contributed by atoms with Crippen LogP contribution in [0.1, 0.15) is 5.56 Å². The Kier molecular flexibility index (Phi) is 2.95. The molecule has 0 saturated carbocycles. The van der Waals surface area contributed by atoms with Crippen LogP contribution in [0.15, 0.2) is 18.2 Å². The van der Waals surface area contributed by atoms with Crippen LogP contribution in [0.3, 0.4) is 0 Å². The third-order valence-electron chi connectivity index (χ3n) is 1.68. The zero-order valence-corrected chi connectivity index (χ0v) is 7.71. The molecule has 0 aromatic heterocycles. The van der Waals surface area contributed by atoms with Gasteiger partial charge in [-0.3, -0.25) is 0 Å². The maximum atomic E-state index is 12.1. The topological polar surface area (TPSA) is 0 Å². The van der Waals surface area contributed by atoms with Crippen LogP contribution in [-0.4, -0.2) is 6.98 Å². The number of halogens is 7. The molecule has 0 amide bonds. The maximum absolute atomic E-state index is 12.1. The van der Waals surface area contributed by atoms with Gasteiger partial charge in [0.15, 0.2) is 0 Å². The first kappa shape index (κ1) is 12.2. The fourth-order valence-electron chi connectivity index (χ4n) is 0.965. The molecule has 0 aliphatic rings. The van der Waals surface area contributed by atoms with Gasteiger partial charge in [-0.25, -0.2) is 0 Å². The van der Waals surface area contributed by atoms with Crippen molar-refractivity contribution in [2.24, 2.45) is 0 Å². The van der Waals surface area contributed by atoms with E-state index < -0.39 is 29.2 Å². The molecule has 15 heavy (non-hydrogen) atoms. The van der Waals surface area contributed by atoms with Crippen molar-refractivity contribution in [2.75, 3.05) is 0 Å². The first-order chi connectivity index (χ1) is 6.62. The van der Waals surface area contributed by atoms with Crippen molar-refractivity contribution in [3.05, 3.63) is 28.8 Å². The summed E-state index contributed by atoms with van der Waals surface area (Å²) in [4.78, 5) is 0. The Bertz CT molecular complexity index is 369. The van der Waals surface area contributed by atoms with Gasteiger partial charge in [0.2, 0.25) is 0 Å². The van der Waals surface area contributed by atoms with Crippen LogP contribution in [0.4, 0.5) is 26.1 Å².